The van der Waals surface area contributed by atoms with Crippen LogP contribution in [0.5, 0.6) is 0 Å². The zero-order chi connectivity index (χ0) is 15.2. The molecule has 1 atom stereocenters. The van der Waals surface area contributed by atoms with Gasteiger partial charge in [0.25, 0.3) is 0 Å². The number of hydrogen-bond acceptors (Lipinski definition) is 4. The minimum Gasteiger partial charge on any atom is -0.478 e. The number of nitrogens with one attached hydrogen (secondary N) is 2. The van der Waals surface area contributed by atoms with Crippen LogP contribution in [-0.2, 0) is 6.54 Å². The van der Waals surface area contributed by atoms with E-state index in [1.165, 1.54) is 18.3 Å². The number of aromatic carboxylic acids is 1. The highest BCUT2D eigenvalue weighted by atomic mass is 16.4. The van der Waals surface area contributed by atoms with Crippen LogP contribution in [0.4, 0.5) is 4.79 Å². The first-order valence-electron chi connectivity index (χ1n) is 6.96. The highest BCUT2D eigenvalue weighted by Crippen LogP contribution is 2.13. The van der Waals surface area contributed by atoms with Gasteiger partial charge >= 0.3 is 12.0 Å². The molecular weight excluding hydrogens is 272 g/mol. The van der Waals surface area contributed by atoms with Gasteiger partial charge in [-0.15, -0.1) is 0 Å². The summed E-state index contributed by atoms with van der Waals surface area (Å²) >= 11 is 0. The molecule has 2 heterocycles. The number of aromatic nitrogens is 1. The molecule has 2 rings (SSSR count). The molecule has 1 aliphatic rings. The summed E-state index contributed by atoms with van der Waals surface area (Å²) < 4.78 is 0. The Kier molecular flexibility index (Phi) is 5.10. The Morgan fingerprint density at radius 3 is 2.95 bits per heavy atom. The maximum absolute atomic E-state index is 11.7. The minimum absolute atomic E-state index is 0.162. The number of likely N-dealkylation sites (N-methyl/N-ethyl adjacent to an activating group) is 1. The smallest absolute Gasteiger partial charge is 0.335 e. The van der Waals surface area contributed by atoms with Gasteiger partial charge in [0.2, 0.25) is 0 Å². The number of carboxylic acid groups (broad SMARTS) is 1. The molecule has 0 saturated carbocycles. The van der Waals surface area contributed by atoms with Crippen molar-refractivity contribution in [2.24, 2.45) is 0 Å². The highest BCUT2D eigenvalue weighted by Gasteiger charge is 2.20. The van der Waals surface area contributed by atoms with E-state index in [0.29, 0.717) is 18.3 Å². The Labute approximate surface area is 123 Å². The fourth-order valence-corrected chi connectivity index (χ4v) is 2.39. The third-order valence-electron chi connectivity index (χ3n) is 3.66. The van der Waals surface area contributed by atoms with Gasteiger partial charge in [-0.3, -0.25) is 4.98 Å². The first-order chi connectivity index (χ1) is 10.1. The molecule has 1 aromatic rings. The number of amides is 2. The summed E-state index contributed by atoms with van der Waals surface area (Å²) in [6.07, 6.45) is 3.68. The molecule has 114 valence electrons. The summed E-state index contributed by atoms with van der Waals surface area (Å²) in [5.74, 6) is -1.01. The van der Waals surface area contributed by atoms with E-state index in [1.807, 2.05) is 0 Å². The molecule has 7 nitrogen and oxygen atoms in total. The Morgan fingerprint density at radius 2 is 2.29 bits per heavy atom. The minimum atomic E-state index is -1.01. The molecule has 2 amide bonds. The lowest BCUT2D eigenvalue weighted by Gasteiger charge is -2.19. The van der Waals surface area contributed by atoms with Gasteiger partial charge in [0, 0.05) is 18.8 Å². The van der Waals surface area contributed by atoms with Gasteiger partial charge in [-0.25, -0.2) is 9.59 Å². The van der Waals surface area contributed by atoms with E-state index in [2.05, 4.69) is 27.6 Å². The van der Waals surface area contributed by atoms with Crippen LogP contribution in [-0.4, -0.2) is 53.2 Å². The van der Waals surface area contributed by atoms with Crippen molar-refractivity contribution in [3.63, 3.8) is 0 Å². The number of carbonyl (C=O) groups is 2. The SMILES string of the molecule is CN1CCCC1CNC(=O)NCc1cc(C(=O)O)ccn1. The van der Waals surface area contributed by atoms with E-state index in [1.54, 1.807) is 0 Å². The second-order valence-corrected chi connectivity index (χ2v) is 5.18. The molecule has 1 aromatic heterocycles. The molecule has 21 heavy (non-hydrogen) atoms. The first kappa shape index (κ1) is 15.2. The van der Waals surface area contributed by atoms with Crippen LogP contribution < -0.4 is 10.6 Å². The van der Waals surface area contributed by atoms with Crippen molar-refractivity contribution in [3.05, 3.63) is 29.6 Å². The second kappa shape index (κ2) is 7.03. The van der Waals surface area contributed by atoms with E-state index < -0.39 is 5.97 Å². The topological polar surface area (TPSA) is 94.6 Å². The Morgan fingerprint density at radius 1 is 1.48 bits per heavy atom. The van der Waals surface area contributed by atoms with Gasteiger partial charge in [0.1, 0.15) is 0 Å². The van der Waals surface area contributed by atoms with Gasteiger partial charge in [0.15, 0.2) is 0 Å². The van der Waals surface area contributed by atoms with Gasteiger partial charge < -0.3 is 20.6 Å². The lowest BCUT2D eigenvalue weighted by molar-refractivity contribution is 0.0696. The van der Waals surface area contributed by atoms with Crippen molar-refractivity contribution >= 4 is 12.0 Å². The zero-order valence-corrected chi connectivity index (χ0v) is 12.0. The maximum Gasteiger partial charge on any atom is 0.335 e. The van der Waals surface area contributed by atoms with Gasteiger partial charge in [-0.05, 0) is 38.6 Å². The van der Waals surface area contributed by atoms with Crippen LogP contribution in [0, 0.1) is 0 Å². The van der Waals surface area contributed by atoms with Gasteiger partial charge in [0.05, 0.1) is 17.8 Å². The van der Waals surface area contributed by atoms with Crippen LogP contribution >= 0.6 is 0 Å². The summed E-state index contributed by atoms with van der Waals surface area (Å²) in [6, 6.07) is 3.00. The number of pyridine rings is 1. The maximum atomic E-state index is 11.7. The lowest BCUT2D eigenvalue weighted by Crippen LogP contribution is -2.42. The number of urea groups is 1. The monoisotopic (exact) mass is 292 g/mol. The highest BCUT2D eigenvalue weighted by molar-refractivity contribution is 5.87. The molecule has 0 bridgehead atoms. The second-order valence-electron chi connectivity index (χ2n) is 5.18. The van der Waals surface area contributed by atoms with E-state index >= 15 is 0 Å². The Bertz CT molecular complexity index is 521. The van der Waals surface area contributed by atoms with Gasteiger partial charge in [-0.1, -0.05) is 0 Å². The lowest BCUT2D eigenvalue weighted by atomic mass is 10.2. The Hall–Kier alpha value is -2.15. The molecule has 1 saturated heterocycles. The third-order valence-corrected chi connectivity index (χ3v) is 3.66. The van der Waals surface area contributed by atoms with Crippen molar-refractivity contribution in [2.45, 2.75) is 25.4 Å². The molecule has 3 N–H and O–H groups in total. The third kappa shape index (κ3) is 4.42. The standard InChI is InChI=1S/C14H20N4O3/c1-18-6-2-3-12(18)9-17-14(21)16-8-11-7-10(13(19)20)4-5-15-11/h4-5,7,12H,2-3,6,8-9H2,1H3,(H,19,20)(H2,16,17,21). The summed E-state index contributed by atoms with van der Waals surface area (Å²) in [6.45, 7) is 1.89. The van der Waals surface area contributed by atoms with Crippen molar-refractivity contribution in [1.29, 1.82) is 0 Å². The quantitative estimate of drug-likeness (QED) is 0.741. The predicted molar refractivity (Wildman–Crippen MR) is 77.1 cm³/mol. The van der Waals surface area contributed by atoms with Crippen molar-refractivity contribution in [2.75, 3.05) is 20.1 Å². The molecule has 7 heteroatoms. The largest absolute Gasteiger partial charge is 0.478 e. The average Bonchev–Trinajstić information content (AvgIpc) is 2.88. The Balaban J connectivity index is 1.76. The molecule has 0 radical (unpaired) electrons. The molecule has 1 aliphatic heterocycles. The predicted octanol–water partition coefficient (Wildman–Crippen LogP) is 0.673. The molecule has 0 aromatic carbocycles. The molecule has 1 fully saturated rings. The van der Waals surface area contributed by atoms with Crippen LogP contribution in [0.25, 0.3) is 0 Å². The molecule has 0 aliphatic carbocycles. The fraction of sp³-hybridized carbons (Fsp3) is 0.500. The van der Waals surface area contributed by atoms with E-state index in [0.717, 1.165) is 19.4 Å². The normalized spacial score (nSPS) is 18.4. The number of nitrogens with zero attached hydrogens (tertiary/aromatic N) is 2. The van der Waals surface area contributed by atoms with Crippen molar-refractivity contribution < 1.29 is 14.7 Å². The summed E-state index contributed by atoms with van der Waals surface area (Å²) in [4.78, 5) is 28.8. The van der Waals surface area contributed by atoms with Gasteiger partial charge in [-0.2, -0.15) is 0 Å². The van der Waals surface area contributed by atoms with Crippen LogP contribution in [0.1, 0.15) is 28.9 Å². The van der Waals surface area contributed by atoms with Crippen LogP contribution in [0.2, 0.25) is 0 Å². The molecule has 1 unspecified atom stereocenters. The summed E-state index contributed by atoms with van der Waals surface area (Å²) in [7, 11) is 2.05. The number of hydrogen-bond donors (Lipinski definition) is 3. The number of rotatable bonds is 5. The van der Waals surface area contributed by atoms with E-state index in [-0.39, 0.29) is 18.1 Å². The number of likely N-dealkylation sites (tertiary alicyclic amines) is 1. The summed E-state index contributed by atoms with van der Waals surface area (Å²) in [5.41, 5.74) is 0.679. The molecular formula is C14H20N4O3. The van der Waals surface area contributed by atoms with Crippen molar-refractivity contribution in [1.82, 2.24) is 20.5 Å². The van der Waals surface area contributed by atoms with E-state index in [4.69, 9.17) is 5.11 Å². The van der Waals surface area contributed by atoms with Crippen molar-refractivity contribution in [3.8, 4) is 0 Å². The number of carbonyl (C=O) groups excluding carboxylic acids is 1. The number of carboxylic acids is 1. The first-order valence-corrected chi connectivity index (χ1v) is 6.96. The fourth-order valence-electron chi connectivity index (χ4n) is 2.39. The summed E-state index contributed by atoms with van der Waals surface area (Å²) in [5, 5.41) is 14.4. The van der Waals surface area contributed by atoms with Crippen LogP contribution in [0.15, 0.2) is 18.3 Å². The average molecular weight is 292 g/mol. The van der Waals surface area contributed by atoms with Crippen LogP contribution in [0.3, 0.4) is 0 Å². The zero-order valence-electron chi connectivity index (χ0n) is 12.0. The van der Waals surface area contributed by atoms with E-state index in [9.17, 15) is 9.59 Å². The molecule has 0 spiro atoms.